The molecule has 2 aromatic carbocycles. The molecule has 0 saturated carbocycles. The van der Waals surface area contributed by atoms with Crippen LogP contribution in [0.5, 0.6) is 11.5 Å². The lowest BCUT2D eigenvalue weighted by Gasteiger charge is -2.07. The molecule has 0 bridgehead atoms. The number of aromatic hydroxyl groups is 2. The highest BCUT2D eigenvalue weighted by Gasteiger charge is 2.21. The summed E-state index contributed by atoms with van der Waals surface area (Å²) in [6.45, 7) is 0.109. The van der Waals surface area contributed by atoms with Gasteiger partial charge in [-0.05, 0) is 41.5 Å². The second-order valence-corrected chi connectivity index (χ2v) is 4.15. The van der Waals surface area contributed by atoms with Gasteiger partial charge in [-0.25, -0.2) is 4.79 Å². The number of carbonyl (C=O) groups excluding carboxylic acids is 1. The van der Waals surface area contributed by atoms with Crippen LogP contribution in [-0.4, -0.2) is 16.2 Å². The van der Waals surface area contributed by atoms with Gasteiger partial charge in [0, 0.05) is 5.56 Å². The zero-order valence-electron chi connectivity index (χ0n) is 9.38. The third kappa shape index (κ3) is 1.59. The van der Waals surface area contributed by atoms with Crippen LogP contribution in [0.1, 0.15) is 15.9 Å². The molecule has 1 heterocycles. The molecule has 3 rings (SSSR count). The van der Waals surface area contributed by atoms with E-state index in [-0.39, 0.29) is 18.1 Å². The standard InChI is InChI=1S/C14H10O4/c15-9-1-3-11-8(5-9)7-18-14(17)13-6-10(16)2-4-12(11)13/h1-6,15-16H,7H2. The molecule has 0 unspecified atom stereocenters. The van der Waals surface area contributed by atoms with E-state index in [0.29, 0.717) is 11.1 Å². The summed E-state index contributed by atoms with van der Waals surface area (Å²) in [5.74, 6) is -0.323. The van der Waals surface area contributed by atoms with Crippen LogP contribution in [0.3, 0.4) is 0 Å². The minimum atomic E-state index is -0.475. The summed E-state index contributed by atoms with van der Waals surface area (Å²) in [5, 5.41) is 18.9. The number of phenols is 2. The lowest BCUT2D eigenvalue weighted by molar-refractivity contribution is 0.0478. The van der Waals surface area contributed by atoms with Crippen molar-refractivity contribution in [1.82, 2.24) is 0 Å². The molecule has 0 atom stereocenters. The molecule has 0 fully saturated rings. The second kappa shape index (κ2) is 3.77. The second-order valence-electron chi connectivity index (χ2n) is 4.15. The molecular weight excluding hydrogens is 232 g/mol. The number of carbonyl (C=O) groups is 1. The first-order valence-electron chi connectivity index (χ1n) is 5.47. The Labute approximate surface area is 103 Å². The Morgan fingerprint density at radius 1 is 0.889 bits per heavy atom. The lowest BCUT2D eigenvalue weighted by Crippen LogP contribution is -2.02. The Morgan fingerprint density at radius 3 is 2.33 bits per heavy atom. The highest BCUT2D eigenvalue weighted by atomic mass is 16.5. The van der Waals surface area contributed by atoms with Gasteiger partial charge in [0.2, 0.25) is 0 Å². The summed E-state index contributed by atoms with van der Waals surface area (Å²) in [4.78, 5) is 11.8. The van der Waals surface area contributed by atoms with Crippen LogP contribution >= 0.6 is 0 Å². The minimum absolute atomic E-state index is 0.0212. The third-order valence-electron chi connectivity index (χ3n) is 2.96. The predicted molar refractivity (Wildman–Crippen MR) is 64.3 cm³/mol. The molecule has 18 heavy (non-hydrogen) atoms. The summed E-state index contributed by atoms with van der Waals surface area (Å²) < 4.78 is 5.10. The van der Waals surface area contributed by atoms with Crippen molar-refractivity contribution in [3.05, 3.63) is 47.5 Å². The molecule has 0 aromatic heterocycles. The molecule has 0 radical (unpaired) electrons. The number of esters is 1. The van der Waals surface area contributed by atoms with Gasteiger partial charge in [-0.3, -0.25) is 0 Å². The van der Waals surface area contributed by atoms with Crippen molar-refractivity contribution in [2.24, 2.45) is 0 Å². The van der Waals surface area contributed by atoms with E-state index in [9.17, 15) is 15.0 Å². The summed E-state index contributed by atoms with van der Waals surface area (Å²) in [6.07, 6.45) is 0. The van der Waals surface area contributed by atoms with Crippen molar-refractivity contribution >= 4 is 5.97 Å². The van der Waals surface area contributed by atoms with Gasteiger partial charge in [0.05, 0.1) is 5.56 Å². The first-order chi connectivity index (χ1) is 8.65. The van der Waals surface area contributed by atoms with Crippen LogP contribution in [0, 0.1) is 0 Å². The van der Waals surface area contributed by atoms with Crippen molar-refractivity contribution in [1.29, 1.82) is 0 Å². The van der Waals surface area contributed by atoms with Crippen molar-refractivity contribution in [3.8, 4) is 22.6 Å². The molecule has 90 valence electrons. The van der Waals surface area contributed by atoms with E-state index < -0.39 is 5.97 Å². The number of rotatable bonds is 0. The number of hydrogen-bond donors (Lipinski definition) is 2. The lowest BCUT2D eigenvalue weighted by atomic mass is 9.96. The molecule has 4 heteroatoms. The number of benzene rings is 2. The average Bonchev–Trinajstić information content (AvgIpc) is 2.48. The van der Waals surface area contributed by atoms with Crippen molar-refractivity contribution in [2.45, 2.75) is 6.61 Å². The van der Waals surface area contributed by atoms with Gasteiger partial charge in [-0.2, -0.15) is 0 Å². The number of phenolic OH excluding ortho intramolecular Hbond substituents is 2. The highest BCUT2D eigenvalue weighted by Crippen LogP contribution is 2.34. The normalized spacial score (nSPS) is 13.2. The van der Waals surface area contributed by atoms with Gasteiger partial charge < -0.3 is 14.9 Å². The molecule has 1 aliphatic rings. The summed E-state index contributed by atoms with van der Waals surface area (Å²) in [5.41, 5.74) is 2.60. The Kier molecular flexibility index (Phi) is 2.23. The van der Waals surface area contributed by atoms with E-state index in [4.69, 9.17) is 4.74 Å². The molecule has 0 amide bonds. The molecule has 0 aliphatic carbocycles. The summed E-state index contributed by atoms with van der Waals surface area (Å²) >= 11 is 0. The van der Waals surface area contributed by atoms with E-state index in [1.54, 1.807) is 24.3 Å². The molecule has 2 aromatic rings. The van der Waals surface area contributed by atoms with E-state index >= 15 is 0 Å². The van der Waals surface area contributed by atoms with Crippen LogP contribution < -0.4 is 0 Å². The van der Waals surface area contributed by atoms with E-state index in [0.717, 1.165) is 11.1 Å². The quantitative estimate of drug-likeness (QED) is 0.696. The van der Waals surface area contributed by atoms with E-state index in [2.05, 4.69) is 0 Å². The van der Waals surface area contributed by atoms with Gasteiger partial charge >= 0.3 is 5.97 Å². The molecule has 0 spiro atoms. The minimum Gasteiger partial charge on any atom is -0.508 e. The van der Waals surface area contributed by atoms with Gasteiger partial charge in [0.25, 0.3) is 0 Å². The van der Waals surface area contributed by atoms with E-state index in [1.807, 2.05) is 0 Å². The Bertz CT molecular complexity index is 646. The third-order valence-corrected chi connectivity index (χ3v) is 2.96. The smallest absolute Gasteiger partial charge is 0.339 e. The maximum Gasteiger partial charge on any atom is 0.339 e. The summed E-state index contributed by atoms with van der Waals surface area (Å²) in [6, 6.07) is 9.46. The Balaban J connectivity index is 2.30. The molecule has 4 nitrogen and oxygen atoms in total. The van der Waals surface area contributed by atoms with Gasteiger partial charge in [0.1, 0.15) is 18.1 Å². The maximum absolute atomic E-state index is 11.8. The van der Waals surface area contributed by atoms with E-state index in [1.165, 1.54) is 12.1 Å². The van der Waals surface area contributed by atoms with Crippen LogP contribution in [-0.2, 0) is 11.3 Å². The zero-order valence-corrected chi connectivity index (χ0v) is 9.38. The highest BCUT2D eigenvalue weighted by molar-refractivity contribution is 5.99. The molecule has 1 aliphatic heterocycles. The van der Waals surface area contributed by atoms with Gasteiger partial charge in [0.15, 0.2) is 0 Å². The monoisotopic (exact) mass is 242 g/mol. The maximum atomic E-state index is 11.8. The average molecular weight is 242 g/mol. The van der Waals surface area contributed by atoms with Crippen LogP contribution in [0.25, 0.3) is 11.1 Å². The van der Waals surface area contributed by atoms with Gasteiger partial charge in [-0.15, -0.1) is 0 Å². The topological polar surface area (TPSA) is 66.8 Å². The first-order valence-corrected chi connectivity index (χ1v) is 5.47. The van der Waals surface area contributed by atoms with Crippen LogP contribution in [0.2, 0.25) is 0 Å². The fourth-order valence-electron chi connectivity index (χ4n) is 2.12. The van der Waals surface area contributed by atoms with Crippen molar-refractivity contribution in [2.75, 3.05) is 0 Å². The summed E-state index contributed by atoms with van der Waals surface area (Å²) in [7, 11) is 0. The first kappa shape index (κ1) is 10.7. The van der Waals surface area contributed by atoms with Crippen molar-refractivity contribution in [3.63, 3.8) is 0 Å². The molecule has 2 N–H and O–H groups in total. The fourth-order valence-corrected chi connectivity index (χ4v) is 2.12. The van der Waals surface area contributed by atoms with Gasteiger partial charge in [-0.1, -0.05) is 6.07 Å². The molecular formula is C14H10O4. The number of hydrogen-bond acceptors (Lipinski definition) is 4. The number of ether oxygens (including phenoxy) is 1. The number of cyclic esters (lactones) is 1. The predicted octanol–water partition coefficient (Wildman–Crippen LogP) is 2.44. The largest absolute Gasteiger partial charge is 0.508 e. The molecule has 0 saturated heterocycles. The Hall–Kier alpha value is -2.49. The van der Waals surface area contributed by atoms with Crippen LogP contribution in [0.4, 0.5) is 0 Å². The number of fused-ring (bicyclic) bond motifs is 3. The zero-order chi connectivity index (χ0) is 12.7. The van der Waals surface area contributed by atoms with Crippen molar-refractivity contribution < 1.29 is 19.7 Å². The fraction of sp³-hybridized carbons (Fsp3) is 0.0714. The SMILES string of the molecule is O=C1OCc2cc(O)ccc2-c2ccc(O)cc21. The van der Waals surface area contributed by atoms with Crippen LogP contribution in [0.15, 0.2) is 36.4 Å². The Morgan fingerprint density at radius 2 is 1.56 bits per heavy atom.